The van der Waals surface area contributed by atoms with E-state index in [0.29, 0.717) is 6.73 Å². The van der Waals surface area contributed by atoms with Gasteiger partial charge in [-0.15, -0.1) is 0 Å². The van der Waals surface area contributed by atoms with Crippen molar-refractivity contribution in [3.05, 3.63) is 24.3 Å². The van der Waals surface area contributed by atoms with Gasteiger partial charge >= 0.3 is 6.09 Å². The van der Waals surface area contributed by atoms with Crippen molar-refractivity contribution in [2.45, 2.75) is 219 Å². The summed E-state index contributed by atoms with van der Waals surface area (Å²) in [4.78, 5) is 17.5. The molecule has 1 amide bonds. The Morgan fingerprint density at radius 3 is 1.19 bits per heavy atom. The molecule has 0 aromatic heterocycles. The van der Waals surface area contributed by atoms with Crippen LogP contribution in [0.2, 0.25) is 0 Å². The molecule has 4 nitrogen and oxygen atoms in total. The maximum absolute atomic E-state index is 13.1. The summed E-state index contributed by atoms with van der Waals surface area (Å²) in [6.45, 7) is 8.88. The molecule has 0 saturated carbocycles. The van der Waals surface area contributed by atoms with Gasteiger partial charge in [-0.2, -0.15) is 0 Å². The fourth-order valence-corrected chi connectivity index (χ4v) is 6.90. The standard InChI is InChI=1S/C44H84N2O2/c1-3-5-7-9-11-13-15-17-19-21-23-25-27-29-31-37-41-46(44(47)48-43-45-39-35-33-34-36-40-45)42-38-32-30-28-26-24-22-20-18-16-14-12-10-8-6-4-2/h17-20H,3-16,21-43H2,1-2H3/b19-17-,20-18-. The van der Waals surface area contributed by atoms with Gasteiger partial charge in [-0.3, -0.25) is 4.90 Å². The van der Waals surface area contributed by atoms with E-state index in [-0.39, 0.29) is 6.09 Å². The lowest BCUT2D eigenvalue weighted by atomic mass is 10.1. The molecule has 0 N–H and O–H groups in total. The van der Waals surface area contributed by atoms with Gasteiger partial charge in [-0.25, -0.2) is 4.79 Å². The fourth-order valence-electron chi connectivity index (χ4n) is 6.90. The van der Waals surface area contributed by atoms with E-state index in [2.05, 4.69) is 43.1 Å². The van der Waals surface area contributed by atoms with E-state index in [1.54, 1.807) is 0 Å². The molecule has 1 fully saturated rings. The second kappa shape index (κ2) is 37.0. The number of allylic oxidation sites excluding steroid dienone is 4. The highest BCUT2D eigenvalue weighted by Crippen LogP contribution is 2.14. The third-order valence-corrected chi connectivity index (χ3v) is 10.2. The molecular weight excluding hydrogens is 588 g/mol. The van der Waals surface area contributed by atoms with Gasteiger partial charge in [0, 0.05) is 26.2 Å². The number of hydrogen-bond donors (Lipinski definition) is 0. The number of unbranched alkanes of at least 4 members (excludes halogenated alkanes) is 24. The molecular formula is C44H84N2O2. The Labute approximate surface area is 301 Å². The molecule has 4 heteroatoms. The first-order valence-electron chi connectivity index (χ1n) is 21.7. The number of carbonyl (C=O) groups is 1. The lowest BCUT2D eigenvalue weighted by molar-refractivity contribution is 0.0446. The molecule has 1 aliphatic heterocycles. The molecule has 48 heavy (non-hydrogen) atoms. The zero-order valence-corrected chi connectivity index (χ0v) is 32.7. The second-order valence-corrected chi connectivity index (χ2v) is 14.9. The van der Waals surface area contributed by atoms with Crippen molar-refractivity contribution in [2.75, 3.05) is 32.9 Å². The van der Waals surface area contributed by atoms with Crippen molar-refractivity contribution in [3.63, 3.8) is 0 Å². The average molecular weight is 673 g/mol. The second-order valence-electron chi connectivity index (χ2n) is 14.9. The molecule has 1 rings (SSSR count). The predicted molar refractivity (Wildman–Crippen MR) is 212 cm³/mol. The summed E-state index contributed by atoms with van der Waals surface area (Å²) in [5.74, 6) is 0. The topological polar surface area (TPSA) is 32.8 Å². The summed E-state index contributed by atoms with van der Waals surface area (Å²) in [7, 11) is 0. The van der Waals surface area contributed by atoms with Crippen LogP contribution < -0.4 is 0 Å². The van der Waals surface area contributed by atoms with Crippen LogP contribution in [0.25, 0.3) is 0 Å². The smallest absolute Gasteiger partial charge is 0.411 e. The normalized spacial score (nSPS) is 14.3. The van der Waals surface area contributed by atoms with Gasteiger partial charge in [0.25, 0.3) is 0 Å². The van der Waals surface area contributed by atoms with Crippen molar-refractivity contribution in [1.82, 2.24) is 9.80 Å². The average Bonchev–Trinajstić information content (AvgIpc) is 3.38. The molecule has 1 aliphatic rings. The van der Waals surface area contributed by atoms with E-state index in [1.807, 2.05) is 4.90 Å². The van der Waals surface area contributed by atoms with E-state index >= 15 is 0 Å². The van der Waals surface area contributed by atoms with Crippen molar-refractivity contribution in [1.29, 1.82) is 0 Å². The highest BCUT2D eigenvalue weighted by molar-refractivity contribution is 5.67. The van der Waals surface area contributed by atoms with Gasteiger partial charge in [0.1, 0.15) is 6.73 Å². The van der Waals surface area contributed by atoms with Crippen LogP contribution in [0.3, 0.4) is 0 Å². The van der Waals surface area contributed by atoms with E-state index in [4.69, 9.17) is 4.74 Å². The SMILES string of the molecule is CCCCCCCC/C=C\CCCCCCCCN(CCCCCCCC/C=C\CCCCCCCC)C(=O)OCN1CCCCCC1. The Bertz CT molecular complexity index is 671. The summed E-state index contributed by atoms with van der Waals surface area (Å²) >= 11 is 0. The molecule has 1 heterocycles. The molecule has 0 aliphatic carbocycles. The maximum Gasteiger partial charge on any atom is 0.411 e. The highest BCUT2D eigenvalue weighted by Gasteiger charge is 2.17. The van der Waals surface area contributed by atoms with Gasteiger partial charge in [0.05, 0.1) is 0 Å². The molecule has 282 valence electrons. The Morgan fingerprint density at radius 2 is 0.812 bits per heavy atom. The number of hydrogen-bond acceptors (Lipinski definition) is 3. The molecule has 0 aromatic carbocycles. The monoisotopic (exact) mass is 673 g/mol. The summed E-state index contributed by atoms with van der Waals surface area (Å²) in [6.07, 6.45) is 51.5. The lowest BCUT2D eigenvalue weighted by Gasteiger charge is -2.25. The quantitative estimate of drug-likeness (QED) is 0.0504. The number of rotatable bonds is 34. The van der Waals surface area contributed by atoms with Crippen molar-refractivity contribution in [2.24, 2.45) is 0 Å². The minimum atomic E-state index is -0.0836. The number of amides is 1. The molecule has 1 saturated heterocycles. The Morgan fingerprint density at radius 1 is 0.479 bits per heavy atom. The summed E-state index contributed by atoms with van der Waals surface area (Å²) in [6, 6.07) is 0. The summed E-state index contributed by atoms with van der Waals surface area (Å²) in [5.41, 5.74) is 0. The summed E-state index contributed by atoms with van der Waals surface area (Å²) < 4.78 is 5.86. The largest absolute Gasteiger partial charge is 0.433 e. The zero-order valence-electron chi connectivity index (χ0n) is 32.7. The van der Waals surface area contributed by atoms with Crippen LogP contribution in [0, 0.1) is 0 Å². The molecule has 0 bridgehead atoms. The summed E-state index contributed by atoms with van der Waals surface area (Å²) in [5, 5.41) is 0. The van der Waals surface area contributed by atoms with Gasteiger partial charge in [0.15, 0.2) is 0 Å². The minimum Gasteiger partial charge on any atom is -0.433 e. The predicted octanol–water partition coefficient (Wildman–Crippen LogP) is 14.3. The Kier molecular flexibility index (Phi) is 34.5. The first kappa shape index (κ1) is 44.7. The fraction of sp³-hybridized carbons (Fsp3) is 0.886. The number of ether oxygens (including phenoxy) is 1. The van der Waals surface area contributed by atoms with Crippen molar-refractivity contribution >= 4 is 6.09 Å². The molecule has 0 aromatic rings. The zero-order chi connectivity index (χ0) is 34.4. The van der Waals surface area contributed by atoms with E-state index in [0.717, 1.165) is 39.0 Å². The lowest BCUT2D eigenvalue weighted by Crippen LogP contribution is -2.37. The van der Waals surface area contributed by atoms with Gasteiger partial charge in [0.2, 0.25) is 0 Å². The van der Waals surface area contributed by atoms with Crippen LogP contribution in [-0.2, 0) is 4.74 Å². The van der Waals surface area contributed by atoms with E-state index in [1.165, 1.54) is 193 Å². The van der Waals surface area contributed by atoms with Gasteiger partial charge in [-0.1, -0.05) is 167 Å². The molecule has 0 unspecified atom stereocenters. The Hall–Kier alpha value is -1.29. The Balaban J connectivity index is 2.16. The van der Waals surface area contributed by atoms with Crippen LogP contribution >= 0.6 is 0 Å². The van der Waals surface area contributed by atoms with Crippen LogP contribution in [0.15, 0.2) is 24.3 Å². The van der Waals surface area contributed by atoms with Crippen molar-refractivity contribution < 1.29 is 9.53 Å². The van der Waals surface area contributed by atoms with Crippen LogP contribution in [-0.4, -0.2) is 48.8 Å². The van der Waals surface area contributed by atoms with Gasteiger partial charge < -0.3 is 9.64 Å². The third kappa shape index (κ3) is 30.7. The van der Waals surface area contributed by atoms with E-state index in [9.17, 15) is 4.79 Å². The number of likely N-dealkylation sites (tertiary alicyclic amines) is 1. The van der Waals surface area contributed by atoms with E-state index < -0.39 is 0 Å². The van der Waals surface area contributed by atoms with Crippen LogP contribution in [0.5, 0.6) is 0 Å². The number of carbonyl (C=O) groups excluding carboxylic acids is 1. The van der Waals surface area contributed by atoms with Crippen molar-refractivity contribution in [3.8, 4) is 0 Å². The first-order valence-corrected chi connectivity index (χ1v) is 21.7. The molecule has 0 spiro atoms. The highest BCUT2D eigenvalue weighted by atomic mass is 16.6. The number of nitrogens with zero attached hydrogens (tertiary/aromatic N) is 2. The van der Waals surface area contributed by atoms with Gasteiger partial charge in [-0.05, 0) is 77.0 Å². The van der Waals surface area contributed by atoms with Crippen LogP contribution in [0.4, 0.5) is 4.79 Å². The molecule has 0 radical (unpaired) electrons. The molecule has 0 atom stereocenters. The third-order valence-electron chi connectivity index (χ3n) is 10.2. The minimum absolute atomic E-state index is 0.0836. The van der Waals surface area contributed by atoms with Crippen LogP contribution in [0.1, 0.15) is 219 Å². The first-order chi connectivity index (χ1) is 23.8. The maximum atomic E-state index is 13.1.